The Hall–Kier alpha value is -0.280. The van der Waals surface area contributed by atoms with Gasteiger partial charge < -0.3 is 9.73 Å². The molecule has 2 rings (SSSR count). The Labute approximate surface area is 86.8 Å². The maximum atomic E-state index is 5.46. The lowest BCUT2D eigenvalue weighted by atomic mass is 10.2. The van der Waals surface area contributed by atoms with Crippen LogP contribution in [0.3, 0.4) is 0 Å². The summed E-state index contributed by atoms with van der Waals surface area (Å²) in [7, 11) is 0. The Morgan fingerprint density at radius 1 is 1.62 bits per heavy atom. The lowest BCUT2D eigenvalue weighted by molar-refractivity contribution is 0.413. The van der Waals surface area contributed by atoms with Gasteiger partial charge in [-0.1, -0.05) is 6.92 Å². The molecule has 1 aliphatic carbocycles. The molecule has 1 N–H and O–H groups in total. The minimum atomic E-state index is 0.321. The summed E-state index contributed by atoms with van der Waals surface area (Å²) in [6, 6.07) is 4.96. The molecule has 1 saturated carbocycles. The van der Waals surface area contributed by atoms with Crippen LogP contribution in [0.1, 0.15) is 32.1 Å². The van der Waals surface area contributed by atoms with E-state index in [1.54, 1.807) is 0 Å². The number of furan rings is 1. The number of rotatable bonds is 3. The monoisotopic (exact) mass is 243 g/mol. The topological polar surface area (TPSA) is 25.2 Å². The highest BCUT2D eigenvalue weighted by Crippen LogP contribution is 2.32. The van der Waals surface area contributed by atoms with Gasteiger partial charge in [0.2, 0.25) is 0 Å². The molecule has 0 aliphatic heterocycles. The van der Waals surface area contributed by atoms with Crippen molar-refractivity contribution in [3.63, 3.8) is 0 Å². The van der Waals surface area contributed by atoms with Gasteiger partial charge in [-0.05, 0) is 47.3 Å². The third-order valence-corrected chi connectivity index (χ3v) is 3.02. The van der Waals surface area contributed by atoms with Crippen molar-refractivity contribution in [2.45, 2.75) is 32.4 Å². The van der Waals surface area contributed by atoms with Crippen molar-refractivity contribution >= 4 is 15.9 Å². The van der Waals surface area contributed by atoms with Crippen molar-refractivity contribution < 1.29 is 4.42 Å². The Balaban J connectivity index is 1.93. The fourth-order valence-electron chi connectivity index (χ4n) is 1.52. The molecule has 13 heavy (non-hydrogen) atoms. The molecule has 0 saturated heterocycles. The molecule has 1 fully saturated rings. The first kappa shape index (κ1) is 9.28. The van der Waals surface area contributed by atoms with Crippen LogP contribution < -0.4 is 5.32 Å². The molecule has 3 atom stereocenters. The third-order valence-electron chi connectivity index (χ3n) is 2.59. The van der Waals surface area contributed by atoms with Crippen molar-refractivity contribution in [2.24, 2.45) is 5.92 Å². The summed E-state index contributed by atoms with van der Waals surface area (Å²) in [4.78, 5) is 0. The van der Waals surface area contributed by atoms with Crippen LogP contribution in [0.5, 0.6) is 0 Å². The predicted octanol–water partition coefficient (Wildman–Crippen LogP) is 3.10. The molecular weight excluding hydrogens is 230 g/mol. The van der Waals surface area contributed by atoms with Gasteiger partial charge in [0.1, 0.15) is 5.76 Å². The summed E-state index contributed by atoms with van der Waals surface area (Å²) >= 11 is 3.30. The quantitative estimate of drug-likeness (QED) is 0.883. The SMILES string of the molecule is CC(NC1CC1C)c1ccc(Br)o1. The first-order valence-corrected chi connectivity index (χ1v) is 5.47. The van der Waals surface area contributed by atoms with E-state index in [0.717, 1.165) is 16.3 Å². The van der Waals surface area contributed by atoms with E-state index in [-0.39, 0.29) is 0 Å². The molecule has 3 heteroatoms. The molecule has 1 aromatic rings. The van der Waals surface area contributed by atoms with Crippen LogP contribution in [-0.4, -0.2) is 6.04 Å². The first-order valence-electron chi connectivity index (χ1n) is 4.68. The summed E-state index contributed by atoms with van der Waals surface area (Å²) in [5.41, 5.74) is 0. The highest BCUT2D eigenvalue weighted by atomic mass is 79.9. The van der Waals surface area contributed by atoms with Crippen LogP contribution in [-0.2, 0) is 0 Å². The zero-order chi connectivity index (χ0) is 9.42. The van der Waals surface area contributed by atoms with Gasteiger partial charge in [0.15, 0.2) is 4.67 Å². The minimum Gasteiger partial charge on any atom is -0.453 e. The zero-order valence-corrected chi connectivity index (χ0v) is 9.47. The summed E-state index contributed by atoms with van der Waals surface area (Å²) in [5, 5.41) is 3.52. The highest BCUT2D eigenvalue weighted by molar-refractivity contribution is 9.10. The minimum absolute atomic E-state index is 0.321. The molecule has 3 unspecified atom stereocenters. The molecule has 1 heterocycles. The van der Waals surface area contributed by atoms with E-state index in [4.69, 9.17) is 4.42 Å². The number of hydrogen-bond acceptors (Lipinski definition) is 2. The second kappa shape index (κ2) is 3.46. The Kier molecular flexibility index (Phi) is 2.47. The van der Waals surface area contributed by atoms with Crippen molar-refractivity contribution in [2.75, 3.05) is 0 Å². The highest BCUT2D eigenvalue weighted by Gasteiger charge is 2.33. The van der Waals surface area contributed by atoms with Crippen LogP contribution in [0.15, 0.2) is 21.2 Å². The fourth-order valence-corrected chi connectivity index (χ4v) is 1.84. The van der Waals surface area contributed by atoms with E-state index in [1.165, 1.54) is 6.42 Å². The normalized spacial score (nSPS) is 28.8. The molecule has 1 aliphatic rings. The smallest absolute Gasteiger partial charge is 0.169 e. The number of hydrogen-bond donors (Lipinski definition) is 1. The van der Waals surface area contributed by atoms with E-state index < -0.39 is 0 Å². The van der Waals surface area contributed by atoms with E-state index >= 15 is 0 Å². The van der Waals surface area contributed by atoms with Gasteiger partial charge in [-0.25, -0.2) is 0 Å². The van der Waals surface area contributed by atoms with Gasteiger partial charge in [0.05, 0.1) is 6.04 Å². The van der Waals surface area contributed by atoms with Gasteiger partial charge in [-0.2, -0.15) is 0 Å². The van der Waals surface area contributed by atoms with E-state index in [2.05, 4.69) is 35.1 Å². The van der Waals surface area contributed by atoms with Gasteiger partial charge in [0, 0.05) is 6.04 Å². The van der Waals surface area contributed by atoms with Gasteiger partial charge in [0.25, 0.3) is 0 Å². The summed E-state index contributed by atoms with van der Waals surface area (Å²) in [6.07, 6.45) is 1.30. The van der Waals surface area contributed by atoms with Crippen molar-refractivity contribution in [3.8, 4) is 0 Å². The molecule has 1 aromatic heterocycles. The lowest BCUT2D eigenvalue weighted by Crippen LogP contribution is -2.21. The van der Waals surface area contributed by atoms with Gasteiger partial charge in [-0.15, -0.1) is 0 Å². The molecule has 72 valence electrons. The Bertz CT molecular complexity index is 297. The second-order valence-corrected chi connectivity index (χ2v) is 4.63. The van der Waals surface area contributed by atoms with Gasteiger partial charge in [-0.3, -0.25) is 0 Å². The predicted molar refractivity (Wildman–Crippen MR) is 55.5 cm³/mol. The molecule has 0 bridgehead atoms. The van der Waals surface area contributed by atoms with Crippen molar-refractivity contribution in [1.82, 2.24) is 5.32 Å². The molecular formula is C10H14BrNO. The van der Waals surface area contributed by atoms with E-state index in [0.29, 0.717) is 12.1 Å². The van der Waals surface area contributed by atoms with E-state index in [9.17, 15) is 0 Å². The standard InChI is InChI=1S/C10H14BrNO/c1-6-5-8(6)12-7(2)9-3-4-10(11)13-9/h3-4,6-8,12H,5H2,1-2H3. The maximum absolute atomic E-state index is 5.46. The van der Waals surface area contributed by atoms with Crippen LogP contribution in [0.25, 0.3) is 0 Å². The number of halogens is 1. The van der Waals surface area contributed by atoms with Crippen molar-refractivity contribution in [3.05, 3.63) is 22.6 Å². The Morgan fingerprint density at radius 2 is 2.31 bits per heavy atom. The second-order valence-electron chi connectivity index (χ2n) is 3.85. The Morgan fingerprint density at radius 3 is 2.77 bits per heavy atom. The van der Waals surface area contributed by atoms with Crippen LogP contribution in [0.2, 0.25) is 0 Å². The zero-order valence-electron chi connectivity index (χ0n) is 7.88. The number of nitrogens with one attached hydrogen (secondary N) is 1. The first-order chi connectivity index (χ1) is 6.16. The third kappa shape index (κ3) is 2.15. The van der Waals surface area contributed by atoms with Crippen LogP contribution in [0, 0.1) is 5.92 Å². The molecule has 2 nitrogen and oxygen atoms in total. The fraction of sp³-hybridized carbons (Fsp3) is 0.600. The van der Waals surface area contributed by atoms with Crippen LogP contribution in [0.4, 0.5) is 0 Å². The van der Waals surface area contributed by atoms with E-state index in [1.807, 2.05) is 12.1 Å². The largest absolute Gasteiger partial charge is 0.453 e. The maximum Gasteiger partial charge on any atom is 0.169 e. The molecule has 0 radical (unpaired) electrons. The molecule has 0 aromatic carbocycles. The summed E-state index contributed by atoms with van der Waals surface area (Å²) in [5.74, 6) is 1.84. The average molecular weight is 244 g/mol. The van der Waals surface area contributed by atoms with Gasteiger partial charge >= 0.3 is 0 Å². The average Bonchev–Trinajstić information content (AvgIpc) is 2.62. The lowest BCUT2D eigenvalue weighted by Gasteiger charge is -2.09. The summed E-state index contributed by atoms with van der Waals surface area (Å²) in [6.45, 7) is 4.40. The molecule has 0 spiro atoms. The summed E-state index contributed by atoms with van der Waals surface area (Å²) < 4.78 is 6.27. The van der Waals surface area contributed by atoms with Crippen LogP contribution >= 0.6 is 15.9 Å². The van der Waals surface area contributed by atoms with Crippen molar-refractivity contribution in [1.29, 1.82) is 0 Å². The molecule has 0 amide bonds.